The lowest BCUT2D eigenvalue weighted by molar-refractivity contribution is 0.336. The van der Waals surface area contributed by atoms with Gasteiger partial charge in [-0.25, -0.2) is 0 Å². The lowest BCUT2D eigenvalue weighted by atomic mass is 9.88. The zero-order chi connectivity index (χ0) is 14.8. The number of hydrogen-bond donors (Lipinski definition) is 1. The summed E-state index contributed by atoms with van der Waals surface area (Å²) in [5.41, 5.74) is 9.55. The number of aryl methyl sites for hydroxylation is 1. The second-order valence-electron chi connectivity index (χ2n) is 6.18. The van der Waals surface area contributed by atoms with Gasteiger partial charge in [0.15, 0.2) is 0 Å². The molecule has 21 heavy (non-hydrogen) atoms. The van der Waals surface area contributed by atoms with Crippen LogP contribution in [0.1, 0.15) is 31.9 Å². The van der Waals surface area contributed by atoms with Crippen molar-refractivity contribution in [1.82, 2.24) is 4.98 Å². The van der Waals surface area contributed by atoms with E-state index in [0.29, 0.717) is 6.04 Å². The van der Waals surface area contributed by atoms with Gasteiger partial charge in [-0.3, -0.25) is 4.98 Å². The maximum absolute atomic E-state index is 6.07. The van der Waals surface area contributed by atoms with Crippen molar-refractivity contribution in [2.45, 2.75) is 39.2 Å². The molecule has 0 spiro atoms. The minimum atomic E-state index is 0.453. The molecule has 0 radical (unpaired) electrons. The van der Waals surface area contributed by atoms with E-state index >= 15 is 0 Å². The Morgan fingerprint density at radius 3 is 2.90 bits per heavy atom. The summed E-state index contributed by atoms with van der Waals surface area (Å²) in [4.78, 5) is 7.17. The summed E-state index contributed by atoms with van der Waals surface area (Å²) in [6, 6.07) is 11.1. The molecular weight excluding hydrogens is 258 g/mol. The second-order valence-corrected chi connectivity index (χ2v) is 6.18. The van der Waals surface area contributed by atoms with E-state index in [-0.39, 0.29) is 0 Å². The highest BCUT2D eigenvalue weighted by atomic mass is 15.2. The Labute approximate surface area is 127 Å². The lowest BCUT2D eigenvalue weighted by Crippen LogP contribution is -2.46. The van der Waals surface area contributed by atoms with Gasteiger partial charge in [0.05, 0.1) is 5.52 Å². The van der Waals surface area contributed by atoms with Crippen LogP contribution in [0.3, 0.4) is 0 Å². The molecule has 1 aliphatic heterocycles. The third-order valence-electron chi connectivity index (χ3n) is 4.81. The topological polar surface area (TPSA) is 42.2 Å². The van der Waals surface area contributed by atoms with Crippen LogP contribution in [0.2, 0.25) is 0 Å². The van der Waals surface area contributed by atoms with E-state index in [1.165, 1.54) is 30.3 Å². The first-order valence-electron chi connectivity index (χ1n) is 8.06. The maximum Gasteiger partial charge on any atom is 0.0726 e. The fourth-order valence-electron chi connectivity index (χ4n) is 3.57. The Morgan fingerprint density at radius 1 is 1.33 bits per heavy atom. The van der Waals surface area contributed by atoms with E-state index in [2.05, 4.69) is 54.1 Å². The molecule has 0 aliphatic carbocycles. The van der Waals surface area contributed by atoms with Gasteiger partial charge in [0.25, 0.3) is 0 Å². The molecule has 0 saturated carbocycles. The van der Waals surface area contributed by atoms with Crippen molar-refractivity contribution >= 4 is 16.6 Å². The monoisotopic (exact) mass is 283 g/mol. The van der Waals surface area contributed by atoms with Gasteiger partial charge in [-0.2, -0.15) is 0 Å². The SMILES string of the molecule is CCC1CCN(c2cc(C)nc3ccccc23)C(CN)C1. The normalized spacial score (nSPS) is 22.7. The summed E-state index contributed by atoms with van der Waals surface area (Å²) in [6.45, 7) is 6.20. The van der Waals surface area contributed by atoms with E-state index in [4.69, 9.17) is 5.73 Å². The fraction of sp³-hybridized carbons (Fsp3) is 0.500. The molecular formula is C18H25N3. The van der Waals surface area contributed by atoms with E-state index in [1.807, 2.05) is 0 Å². The molecule has 1 saturated heterocycles. The summed E-state index contributed by atoms with van der Waals surface area (Å²) in [6.07, 6.45) is 3.74. The average Bonchev–Trinajstić information content (AvgIpc) is 2.53. The number of benzene rings is 1. The van der Waals surface area contributed by atoms with Gasteiger partial charge in [0.1, 0.15) is 0 Å². The molecule has 0 bridgehead atoms. The Bertz CT molecular complexity index is 623. The standard InChI is InChI=1S/C18H25N3/c1-3-14-8-9-21(15(11-14)12-19)18-10-13(2)20-17-7-5-4-6-16(17)18/h4-7,10,14-15H,3,8-9,11-12,19H2,1-2H3. The van der Waals surface area contributed by atoms with Gasteiger partial charge in [0.2, 0.25) is 0 Å². The zero-order valence-corrected chi connectivity index (χ0v) is 13.0. The van der Waals surface area contributed by atoms with Gasteiger partial charge in [-0.1, -0.05) is 31.5 Å². The van der Waals surface area contributed by atoms with Crippen molar-refractivity contribution in [2.75, 3.05) is 18.0 Å². The quantitative estimate of drug-likeness (QED) is 0.937. The fourth-order valence-corrected chi connectivity index (χ4v) is 3.57. The first-order valence-corrected chi connectivity index (χ1v) is 8.06. The van der Waals surface area contributed by atoms with Crippen LogP contribution in [0.5, 0.6) is 0 Å². The molecule has 1 aromatic heterocycles. The number of hydrogen-bond acceptors (Lipinski definition) is 3. The summed E-state index contributed by atoms with van der Waals surface area (Å²) in [7, 11) is 0. The largest absolute Gasteiger partial charge is 0.367 e. The Morgan fingerprint density at radius 2 is 2.14 bits per heavy atom. The van der Waals surface area contributed by atoms with Crippen LogP contribution in [0.4, 0.5) is 5.69 Å². The third kappa shape index (κ3) is 2.75. The average molecular weight is 283 g/mol. The second kappa shape index (κ2) is 6.02. The number of nitrogens with two attached hydrogens (primary N) is 1. The van der Waals surface area contributed by atoms with Gasteiger partial charge >= 0.3 is 0 Å². The smallest absolute Gasteiger partial charge is 0.0726 e. The van der Waals surface area contributed by atoms with Gasteiger partial charge < -0.3 is 10.6 Å². The number of aromatic nitrogens is 1. The molecule has 2 aromatic rings. The molecule has 3 nitrogen and oxygen atoms in total. The minimum Gasteiger partial charge on any atom is -0.367 e. The van der Waals surface area contributed by atoms with Gasteiger partial charge in [0, 0.05) is 35.9 Å². The molecule has 3 heteroatoms. The summed E-state index contributed by atoms with van der Waals surface area (Å²) in [5, 5.41) is 1.25. The van der Waals surface area contributed by atoms with Crippen molar-refractivity contribution in [3.05, 3.63) is 36.0 Å². The molecule has 3 rings (SSSR count). The summed E-state index contributed by atoms with van der Waals surface area (Å²) >= 11 is 0. The van der Waals surface area contributed by atoms with E-state index in [9.17, 15) is 0 Å². The number of piperidine rings is 1. The number of rotatable bonds is 3. The molecule has 1 aliphatic rings. The highest BCUT2D eigenvalue weighted by Crippen LogP contribution is 2.33. The molecule has 1 fully saturated rings. The van der Waals surface area contributed by atoms with Crippen LogP contribution in [0.25, 0.3) is 10.9 Å². The summed E-state index contributed by atoms with van der Waals surface area (Å²) in [5.74, 6) is 0.823. The molecule has 112 valence electrons. The molecule has 2 N–H and O–H groups in total. The van der Waals surface area contributed by atoms with Crippen LogP contribution >= 0.6 is 0 Å². The highest BCUT2D eigenvalue weighted by molar-refractivity contribution is 5.92. The first kappa shape index (κ1) is 14.3. The number of pyridine rings is 1. The molecule has 2 heterocycles. The Hall–Kier alpha value is -1.61. The maximum atomic E-state index is 6.07. The van der Waals surface area contributed by atoms with E-state index in [0.717, 1.165) is 30.2 Å². The minimum absolute atomic E-state index is 0.453. The van der Waals surface area contributed by atoms with Crippen LogP contribution in [-0.4, -0.2) is 24.1 Å². The van der Waals surface area contributed by atoms with Crippen molar-refractivity contribution in [3.8, 4) is 0 Å². The number of para-hydroxylation sites is 1. The van der Waals surface area contributed by atoms with E-state index in [1.54, 1.807) is 0 Å². The van der Waals surface area contributed by atoms with Gasteiger partial charge in [-0.05, 0) is 37.8 Å². The van der Waals surface area contributed by atoms with Crippen molar-refractivity contribution in [2.24, 2.45) is 11.7 Å². The predicted molar refractivity (Wildman–Crippen MR) is 89.7 cm³/mol. The lowest BCUT2D eigenvalue weighted by Gasteiger charge is -2.41. The molecule has 2 atom stereocenters. The number of nitrogens with zero attached hydrogens (tertiary/aromatic N) is 2. The Balaban J connectivity index is 2.03. The van der Waals surface area contributed by atoms with Crippen LogP contribution < -0.4 is 10.6 Å². The summed E-state index contributed by atoms with van der Waals surface area (Å²) < 4.78 is 0. The van der Waals surface area contributed by atoms with Crippen molar-refractivity contribution in [1.29, 1.82) is 0 Å². The van der Waals surface area contributed by atoms with Gasteiger partial charge in [-0.15, -0.1) is 0 Å². The molecule has 0 amide bonds. The highest BCUT2D eigenvalue weighted by Gasteiger charge is 2.27. The third-order valence-corrected chi connectivity index (χ3v) is 4.81. The van der Waals surface area contributed by atoms with Crippen LogP contribution in [-0.2, 0) is 0 Å². The predicted octanol–water partition coefficient (Wildman–Crippen LogP) is 3.50. The zero-order valence-electron chi connectivity index (χ0n) is 13.0. The van der Waals surface area contributed by atoms with Crippen molar-refractivity contribution in [3.63, 3.8) is 0 Å². The van der Waals surface area contributed by atoms with E-state index < -0.39 is 0 Å². The molecule has 2 unspecified atom stereocenters. The van der Waals surface area contributed by atoms with Crippen molar-refractivity contribution < 1.29 is 0 Å². The van der Waals surface area contributed by atoms with Crippen LogP contribution in [0, 0.1) is 12.8 Å². The first-order chi connectivity index (χ1) is 10.2. The van der Waals surface area contributed by atoms with Crippen LogP contribution in [0.15, 0.2) is 30.3 Å². The molecule has 1 aromatic carbocycles. The Kier molecular flexibility index (Phi) is 4.11. The number of anilines is 1. The number of fused-ring (bicyclic) bond motifs is 1.